The van der Waals surface area contributed by atoms with E-state index in [0.717, 1.165) is 18.4 Å². The molecule has 0 aliphatic rings. The smallest absolute Gasteiger partial charge is 0.356 e. The van der Waals surface area contributed by atoms with Gasteiger partial charge in [0.1, 0.15) is 19.1 Å². The van der Waals surface area contributed by atoms with Crippen molar-refractivity contribution < 1.29 is 27.5 Å². The van der Waals surface area contributed by atoms with Crippen LogP contribution in [0.3, 0.4) is 0 Å². The zero-order valence-corrected chi connectivity index (χ0v) is 30.4. The fraction of sp³-hybridized carbons (Fsp3) is 0.694. The third-order valence-corrected chi connectivity index (χ3v) is 10.0. The summed E-state index contributed by atoms with van der Waals surface area (Å²) in [6.07, 6.45) is 20.9. The number of nitrogens with two attached hydrogens (primary N) is 1. The summed E-state index contributed by atoms with van der Waals surface area (Å²) in [4.78, 5) is 22.6. The molecule has 276 valence electrons. The second-order valence-corrected chi connectivity index (χ2v) is 14.7. The minimum atomic E-state index is -3.78. The average Bonchev–Trinajstić information content (AvgIpc) is 3.51. The number of aromatic nitrogens is 4. The van der Waals surface area contributed by atoms with Gasteiger partial charge in [-0.15, -0.1) is 0 Å². The number of ether oxygens (including phenoxy) is 2. The van der Waals surface area contributed by atoms with E-state index >= 15 is 0 Å². The molecule has 3 rings (SSSR count). The molecule has 1 unspecified atom stereocenters. The van der Waals surface area contributed by atoms with Crippen LogP contribution in [0, 0.1) is 0 Å². The van der Waals surface area contributed by atoms with Crippen LogP contribution < -0.4 is 11.3 Å². The van der Waals surface area contributed by atoms with E-state index in [1.54, 1.807) is 0 Å². The van der Waals surface area contributed by atoms with Crippen molar-refractivity contribution in [3.63, 3.8) is 0 Å². The Labute approximate surface area is 291 Å². The molecule has 0 fully saturated rings. The zero-order valence-electron chi connectivity index (χ0n) is 29.5. The molecule has 3 N–H and O–H groups in total. The first-order valence-electron chi connectivity index (χ1n) is 18.3. The van der Waals surface area contributed by atoms with Crippen molar-refractivity contribution in [2.45, 2.75) is 129 Å². The molecule has 0 bridgehead atoms. The third-order valence-electron chi connectivity index (χ3n) is 8.46. The number of nitrogens with one attached hydrogen (secondary N) is 1. The summed E-state index contributed by atoms with van der Waals surface area (Å²) in [6.45, 7) is 2.30. The molecule has 2 heterocycles. The second kappa shape index (κ2) is 24.5. The van der Waals surface area contributed by atoms with E-state index in [4.69, 9.17) is 24.3 Å². The van der Waals surface area contributed by atoms with Gasteiger partial charge in [-0.25, -0.2) is 9.37 Å². The summed E-state index contributed by atoms with van der Waals surface area (Å²) in [5.74, 6) is -0.0822. The number of nitrogens with zero attached hydrogens (tertiary/aromatic N) is 3. The highest BCUT2D eigenvalue weighted by molar-refractivity contribution is 7.53. The number of nitrogen functional groups attached to an aromatic ring is 1. The van der Waals surface area contributed by atoms with Crippen LogP contribution in [0.15, 0.2) is 41.5 Å². The van der Waals surface area contributed by atoms with Gasteiger partial charge in [-0.3, -0.25) is 14.3 Å². The van der Waals surface area contributed by atoms with E-state index in [2.05, 4.69) is 21.9 Å². The molecule has 2 atom stereocenters. The molecule has 3 aromatic rings. The number of rotatable bonds is 30. The SMILES string of the molecule is CCCCCCCCCCCCCCCCCCOCCOP(=O)(CO[C@H](CF)Cn1cnc2c(=O)[nH]c(N)nc21)OCc1ccccc1. The maximum atomic E-state index is 14.0. The molecule has 11 nitrogen and oxygen atoms in total. The van der Waals surface area contributed by atoms with Crippen molar-refractivity contribution in [1.29, 1.82) is 0 Å². The molecular weight excluding hydrogens is 648 g/mol. The number of anilines is 1. The normalized spacial score (nSPS) is 13.6. The van der Waals surface area contributed by atoms with Crippen LogP contribution in [-0.4, -0.2) is 58.5 Å². The van der Waals surface area contributed by atoms with Gasteiger partial charge < -0.3 is 28.8 Å². The van der Waals surface area contributed by atoms with Crippen molar-refractivity contribution in [1.82, 2.24) is 19.5 Å². The minimum absolute atomic E-state index is 0.0377. The molecule has 13 heteroatoms. The zero-order chi connectivity index (χ0) is 35.0. The second-order valence-electron chi connectivity index (χ2n) is 12.7. The maximum Gasteiger partial charge on any atom is 0.356 e. The molecule has 49 heavy (non-hydrogen) atoms. The monoisotopic (exact) mass is 707 g/mol. The highest BCUT2D eigenvalue weighted by Crippen LogP contribution is 2.49. The van der Waals surface area contributed by atoms with Crippen molar-refractivity contribution in [3.05, 3.63) is 52.6 Å². The number of aromatic amines is 1. The van der Waals surface area contributed by atoms with E-state index in [-0.39, 0.29) is 43.5 Å². The lowest BCUT2D eigenvalue weighted by Crippen LogP contribution is -2.24. The van der Waals surface area contributed by atoms with Gasteiger partial charge >= 0.3 is 7.60 Å². The first kappa shape index (κ1) is 40.8. The van der Waals surface area contributed by atoms with Gasteiger partial charge in [0.2, 0.25) is 5.95 Å². The summed E-state index contributed by atoms with van der Waals surface area (Å²) in [6, 6.07) is 9.28. The molecule has 0 saturated carbocycles. The first-order chi connectivity index (χ1) is 23.9. The molecule has 0 aliphatic carbocycles. The Morgan fingerprint density at radius 2 is 1.47 bits per heavy atom. The van der Waals surface area contributed by atoms with Crippen molar-refractivity contribution in [2.75, 3.05) is 38.6 Å². The lowest BCUT2D eigenvalue weighted by Gasteiger charge is -2.22. The standard InChI is InChI=1S/C36H59FN5O6P/c1-2-3-4-5-6-7-8-9-10-11-12-13-14-15-16-20-23-45-24-25-47-49(44,48-28-31-21-18-17-19-22-31)30-46-32(26-37)27-42-29-39-33-34(42)40-36(38)41-35(33)43/h17-19,21-22,29,32H,2-16,20,23-28,30H2,1H3,(H3,38,40,41,43)/t32-,49?/m1/s1. The average molecular weight is 708 g/mol. The van der Waals surface area contributed by atoms with E-state index in [0.29, 0.717) is 6.61 Å². The number of benzene rings is 1. The lowest BCUT2D eigenvalue weighted by molar-refractivity contribution is 0.0319. The van der Waals surface area contributed by atoms with Crippen molar-refractivity contribution >= 4 is 24.7 Å². The quantitative estimate of drug-likeness (QED) is 0.0513. The van der Waals surface area contributed by atoms with Gasteiger partial charge in [-0.1, -0.05) is 134 Å². The Morgan fingerprint density at radius 3 is 2.08 bits per heavy atom. The third kappa shape index (κ3) is 16.8. The lowest BCUT2D eigenvalue weighted by atomic mass is 10.0. The fourth-order valence-electron chi connectivity index (χ4n) is 5.62. The molecule has 0 aliphatic heterocycles. The number of H-pyrrole nitrogens is 1. The van der Waals surface area contributed by atoms with Crippen molar-refractivity contribution in [2.24, 2.45) is 0 Å². The number of halogens is 1. The van der Waals surface area contributed by atoms with E-state index < -0.39 is 32.3 Å². The maximum absolute atomic E-state index is 14.0. The number of fused-ring (bicyclic) bond motifs is 1. The largest absolute Gasteiger partial charge is 0.379 e. The number of imidazole rings is 1. The fourth-order valence-corrected chi connectivity index (χ4v) is 6.93. The van der Waals surface area contributed by atoms with Gasteiger partial charge in [0.25, 0.3) is 5.56 Å². The van der Waals surface area contributed by atoms with Crippen LogP contribution in [0.4, 0.5) is 10.3 Å². The Hall–Kier alpha value is -2.63. The van der Waals surface area contributed by atoms with Gasteiger partial charge in [0.05, 0.1) is 32.7 Å². The predicted octanol–water partition coefficient (Wildman–Crippen LogP) is 8.72. The van der Waals surface area contributed by atoms with Crippen LogP contribution in [0.1, 0.15) is 115 Å². The van der Waals surface area contributed by atoms with E-state index in [1.807, 2.05) is 30.3 Å². The molecule has 1 aromatic carbocycles. The number of unbranched alkanes of at least 4 members (excludes halogenated alkanes) is 15. The molecular formula is C36H59FN5O6P. The van der Waals surface area contributed by atoms with Crippen LogP contribution in [-0.2, 0) is 36.2 Å². The molecule has 0 amide bonds. The van der Waals surface area contributed by atoms with Crippen LogP contribution in [0.25, 0.3) is 11.2 Å². The molecule has 2 aromatic heterocycles. The van der Waals surface area contributed by atoms with Gasteiger partial charge in [0, 0.05) is 6.61 Å². The molecule has 0 radical (unpaired) electrons. The summed E-state index contributed by atoms with van der Waals surface area (Å²) < 4.78 is 52.0. The number of hydrogen-bond acceptors (Lipinski definition) is 9. The molecule has 0 spiro atoms. The van der Waals surface area contributed by atoms with E-state index in [9.17, 15) is 13.8 Å². The van der Waals surface area contributed by atoms with E-state index in [1.165, 1.54) is 101 Å². The number of alkyl halides is 1. The van der Waals surface area contributed by atoms with Crippen LogP contribution >= 0.6 is 7.60 Å². The Morgan fingerprint density at radius 1 is 0.857 bits per heavy atom. The first-order valence-corrected chi connectivity index (χ1v) is 20.0. The summed E-state index contributed by atoms with van der Waals surface area (Å²) in [5.41, 5.74) is 6.25. The molecule has 0 saturated heterocycles. The minimum Gasteiger partial charge on any atom is -0.379 e. The topological polar surface area (TPSA) is 144 Å². The van der Waals surface area contributed by atoms with Crippen LogP contribution in [0.2, 0.25) is 0 Å². The number of hydrogen-bond donors (Lipinski definition) is 2. The Kier molecular flexibility index (Phi) is 20.4. The Balaban J connectivity index is 1.30. The predicted molar refractivity (Wildman–Crippen MR) is 193 cm³/mol. The Bertz CT molecular complexity index is 1390. The highest BCUT2D eigenvalue weighted by Gasteiger charge is 2.28. The van der Waals surface area contributed by atoms with Gasteiger partial charge in [-0.2, -0.15) is 4.98 Å². The highest BCUT2D eigenvalue weighted by atomic mass is 31.2. The van der Waals surface area contributed by atoms with Crippen LogP contribution in [0.5, 0.6) is 0 Å². The van der Waals surface area contributed by atoms with Gasteiger partial charge in [-0.05, 0) is 12.0 Å². The summed E-state index contributed by atoms with van der Waals surface area (Å²) in [7, 11) is -3.78. The summed E-state index contributed by atoms with van der Waals surface area (Å²) in [5, 5.41) is 0. The summed E-state index contributed by atoms with van der Waals surface area (Å²) >= 11 is 0. The van der Waals surface area contributed by atoms with Gasteiger partial charge in [0.15, 0.2) is 11.2 Å². The van der Waals surface area contributed by atoms with Crippen molar-refractivity contribution in [3.8, 4) is 0 Å².